The summed E-state index contributed by atoms with van der Waals surface area (Å²) >= 11 is 0. The number of nitrogens with one attached hydrogen (secondary N) is 1. The molecule has 74 valence electrons. The molecular weight excluding hydrogens is 182 g/mol. The summed E-state index contributed by atoms with van der Waals surface area (Å²) in [5.41, 5.74) is 2.77. The minimum atomic E-state index is -0.941. The predicted molar refractivity (Wildman–Crippen MR) is 51.4 cm³/mol. The Kier molecular flexibility index (Phi) is 1.80. The molecule has 0 radical (unpaired) electrons. The normalized spacial score (nSPS) is 11.0. The highest BCUT2D eigenvalue weighted by molar-refractivity contribution is 5.93. The van der Waals surface area contributed by atoms with Crippen LogP contribution in [0.1, 0.15) is 23.1 Å². The molecule has 0 saturated carbocycles. The second-order valence-corrected chi connectivity index (χ2v) is 3.17. The number of aromatic nitrogens is 3. The molecule has 0 aliphatic rings. The zero-order valence-corrected chi connectivity index (χ0v) is 8.03. The van der Waals surface area contributed by atoms with Crippen LogP contribution in [0.2, 0.25) is 0 Å². The fourth-order valence-electron chi connectivity index (χ4n) is 1.57. The van der Waals surface area contributed by atoms with E-state index in [0.717, 1.165) is 23.1 Å². The quantitative estimate of drug-likeness (QED) is 0.751. The first-order valence-electron chi connectivity index (χ1n) is 4.41. The highest BCUT2D eigenvalue weighted by atomic mass is 16.4. The van der Waals surface area contributed by atoms with E-state index in [1.165, 1.54) is 0 Å². The number of aromatic amines is 1. The standard InChI is InChI=1S/C9H11N3O2/c1-3-5-8-7(12(2)11-5)4-6(10-8)9(13)14/h4,10H,3H2,1-2H3,(H,13,14). The molecule has 0 aromatic carbocycles. The van der Waals surface area contributed by atoms with Gasteiger partial charge < -0.3 is 10.1 Å². The fraction of sp³-hybridized carbons (Fsp3) is 0.333. The second-order valence-electron chi connectivity index (χ2n) is 3.17. The molecule has 0 spiro atoms. The number of carboxylic acid groups (broad SMARTS) is 1. The third-order valence-electron chi connectivity index (χ3n) is 2.27. The van der Waals surface area contributed by atoms with E-state index >= 15 is 0 Å². The highest BCUT2D eigenvalue weighted by Gasteiger charge is 2.13. The number of hydrogen-bond donors (Lipinski definition) is 2. The smallest absolute Gasteiger partial charge is 0.352 e. The van der Waals surface area contributed by atoms with Crippen molar-refractivity contribution >= 4 is 17.0 Å². The maximum atomic E-state index is 10.7. The largest absolute Gasteiger partial charge is 0.477 e. The fourth-order valence-corrected chi connectivity index (χ4v) is 1.57. The Labute approximate surface area is 80.3 Å². The summed E-state index contributed by atoms with van der Waals surface area (Å²) in [7, 11) is 1.81. The summed E-state index contributed by atoms with van der Waals surface area (Å²) in [4.78, 5) is 13.6. The molecule has 14 heavy (non-hydrogen) atoms. The van der Waals surface area contributed by atoms with Gasteiger partial charge in [0.15, 0.2) is 0 Å². The van der Waals surface area contributed by atoms with Gasteiger partial charge in [0.05, 0.1) is 16.7 Å². The van der Waals surface area contributed by atoms with Gasteiger partial charge in [0, 0.05) is 7.05 Å². The van der Waals surface area contributed by atoms with Crippen LogP contribution in [-0.2, 0) is 13.5 Å². The van der Waals surface area contributed by atoms with Crippen LogP contribution in [0.3, 0.4) is 0 Å². The van der Waals surface area contributed by atoms with E-state index in [2.05, 4.69) is 10.1 Å². The highest BCUT2D eigenvalue weighted by Crippen LogP contribution is 2.18. The summed E-state index contributed by atoms with van der Waals surface area (Å²) in [6, 6.07) is 1.60. The van der Waals surface area contributed by atoms with Crippen molar-refractivity contribution < 1.29 is 9.90 Å². The third kappa shape index (κ3) is 1.09. The lowest BCUT2D eigenvalue weighted by atomic mass is 10.3. The predicted octanol–water partition coefficient (Wildman–Crippen LogP) is 1.16. The average Bonchev–Trinajstić information content (AvgIpc) is 2.66. The Bertz CT molecular complexity index is 495. The summed E-state index contributed by atoms with van der Waals surface area (Å²) in [6.45, 7) is 1.99. The molecule has 2 aromatic rings. The zero-order valence-electron chi connectivity index (χ0n) is 8.03. The Morgan fingerprint density at radius 3 is 3.00 bits per heavy atom. The molecule has 0 aliphatic heterocycles. The first-order chi connectivity index (χ1) is 6.63. The minimum Gasteiger partial charge on any atom is -0.477 e. The number of H-pyrrole nitrogens is 1. The molecule has 2 heterocycles. The van der Waals surface area contributed by atoms with Gasteiger partial charge >= 0.3 is 5.97 Å². The zero-order chi connectivity index (χ0) is 10.3. The molecule has 0 atom stereocenters. The van der Waals surface area contributed by atoms with Crippen molar-refractivity contribution in [2.75, 3.05) is 0 Å². The van der Waals surface area contributed by atoms with Crippen molar-refractivity contribution in [1.82, 2.24) is 14.8 Å². The van der Waals surface area contributed by atoms with Crippen molar-refractivity contribution in [3.8, 4) is 0 Å². The molecular formula is C9H11N3O2. The van der Waals surface area contributed by atoms with Crippen LogP contribution in [0.5, 0.6) is 0 Å². The number of aryl methyl sites for hydroxylation is 2. The van der Waals surface area contributed by atoms with E-state index in [-0.39, 0.29) is 5.69 Å². The number of aromatic carboxylic acids is 1. The lowest BCUT2D eigenvalue weighted by Gasteiger charge is -1.89. The van der Waals surface area contributed by atoms with E-state index < -0.39 is 5.97 Å². The van der Waals surface area contributed by atoms with Gasteiger partial charge in [-0.1, -0.05) is 6.92 Å². The number of nitrogens with zero attached hydrogens (tertiary/aromatic N) is 2. The van der Waals surface area contributed by atoms with Crippen LogP contribution in [0.25, 0.3) is 11.0 Å². The Morgan fingerprint density at radius 2 is 2.43 bits per heavy atom. The van der Waals surface area contributed by atoms with Crippen LogP contribution >= 0.6 is 0 Å². The van der Waals surface area contributed by atoms with Crippen LogP contribution in [0.15, 0.2) is 6.07 Å². The van der Waals surface area contributed by atoms with Crippen LogP contribution in [0.4, 0.5) is 0 Å². The van der Waals surface area contributed by atoms with Crippen molar-refractivity contribution in [2.24, 2.45) is 7.05 Å². The van der Waals surface area contributed by atoms with Gasteiger partial charge in [0.1, 0.15) is 5.69 Å². The molecule has 0 fully saturated rings. The number of carboxylic acids is 1. The summed E-state index contributed by atoms with van der Waals surface area (Å²) in [5.74, 6) is -0.941. The second kappa shape index (κ2) is 2.87. The number of hydrogen-bond acceptors (Lipinski definition) is 2. The molecule has 2 N–H and O–H groups in total. The molecule has 5 heteroatoms. The lowest BCUT2D eigenvalue weighted by Crippen LogP contribution is -1.97. The molecule has 5 nitrogen and oxygen atoms in total. The molecule has 2 aromatic heterocycles. The van der Waals surface area contributed by atoms with Gasteiger partial charge in [-0.25, -0.2) is 4.79 Å². The number of fused-ring (bicyclic) bond motifs is 1. The number of rotatable bonds is 2. The molecule has 0 saturated heterocycles. The van der Waals surface area contributed by atoms with E-state index in [9.17, 15) is 4.79 Å². The van der Waals surface area contributed by atoms with Crippen LogP contribution < -0.4 is 0 Å². The van der Waals surface area contributed by atoms with Gasteiger partial charge in [-0.3, -0.25) is 4.68 Å². The molecule has 0 amide bonds. The van der Waals surface area contributed by atoms with Crippen LogP contribution in [-0.4, -0.2) is 25.8 Å². The average molecular weight is 193 g/mol. The van der Waals surface area contributed by atoms with Crippen molar-refractivity contribution in [1.29, 1.82) is 0 Å². The lowest BCUT2D eigenvalue weighted by molar-refractivity contribution is 0.0691. The van der Waals surface area contributed by atoms with Crippen molar-refractivity contribution in [2.45, 2.75) is 13.3 Å². The van der Waals surface area contributed by atoms with Crippen LogP contribution in [0, 0.1) is 0 Å². The summed E-state index contributed by atoms with van der Waals surface area (Å²) in [5, 5.41) is 13.1. The van der Waals surface area contributed by atoms with E-state index in [4.69, 9.17) is 5.11 Å². The van der Waals surface area contributed by atoms with Gasteiger partial charge in [0.25, 0.3) is 0 Å². The Hall–Kier alpha value is -1.78. The maximum absolute atomic E-state index is 10.7. The SMILES string of the molecule is CCc1nn(C)c2cc(C(=O)O)[nH]c12. The van der Waals surface area contributed by atoms with Gasteiger partial charge in [-0.15, -0.1) is 0 Å². The van der Waals surface area contributed by atoms with Crippen molar-refractivity contribution in [3.05, 3.63) is 17.5 Å². The molecule has 2 rings (SSSR count). The van der Waals surface area contributed by atoms with Crippen molar-refractivity contribution in [3.63, 3.8) is 0 Å². The van der Waals surface area contributed by atoms with E-state index in [0.29, 0.717) is 0 Å². The maximum Gasteiger partial charge on any atom is 0.352 e. The summed E-state index contributed by atoms with van der Waals surface area (Å²) in [6.07, 6.45) is 0.789. The molecule has 0 unspecified atom stereocenters. The van der Waals surface area contributed by atoms with E-state index in [1.54, 1.807) is 17.8 Å². The Balaban J connectivity index is 2.70. The Morgan fingerprint density at radius 1 is 1.71 bits per heavy atom. The van der Waals surface area contributed by atoms with Gasteiger partial charge in [-0.2, -0.15) is 5.10 Å². The van der Waals surface area contributed by atoms with E-state index in [1.807, 2.05) is 6.92 Å². The molecule has 0 aliphatic carbocycles. The third-order valence-corrected chi connectivity index (χ3v) is 2.27. The topological polar surface area (TPSA) is 70.9 Å². The minimum absolute atomic E-state index is 0.211. The number of carbonyl (C=O) groups is 1. The summed E-state index contributed by atoms with van der Waals surface area (Å²) < 4.78 is 1.69. The monoisotopic (exact) mass is 193 g/mol. The first-order valence-corrected chi connectivity index (χ1v) is 4.41. The van der Waals surface area contributed by atoms with Gasteiger partial charge in [-0.05, 0) is 12.5 Å². The van der Waals surface area contributed by atoms with Gasteiger partial charge in [0.2, 0.25) is 0 Å². The first kappa shape index (κ1) is 8.80. The molecule has 0 bridgehead atoms.